The smallest absolute Gasteiger partial charge is 0.225 e. The first-order chi connectivity index (χ1) is 9.75. The van der Waals surface area contributed by atoms with E-state index in [-0.39, 0.29) is 0 Å². The molecule has 0 saturated heterocycles. The second-order valence-corrected chi connectivity index (χ2v) is 5.78. The number of nitrogens with zero attached hydrogens (tertiary/aromatic N) is 2. The molecule has 1 aliphatic carbocycles. The fourth-order valence-corrected chi connectivity index (χ4v) is 2.95. The quantitative estimate of drug-likeness (QED) is 0.669. The van der Waals surface area contributed by atoms with Crippen molar-refractivity contribution in [2.75, 3.05) is 5.73 Å². The Balaban J connectivity index is 1.99. The minimum Gasteiger partial charge on any atom is -0.435 e. The number of benzene rings is 1. The molecule has 1 aromatic carbocycles. The molecule has 0 bridgehead atoms. The minimum atomic E-state index is 0.598. The highest BCUT2D eigenvalue weighted by Crippen LogP contribution is 2.36. The highest BCUT2D eigenvalue weighted by atomic mass is 79.9. The number of para-hydroxylation sites is 1. The van der Waals surface area contributed by atoms with Crippen LogP contribution in [0.15, 0.2) is 29.0 Å². The van der Waals surface area contributed by atoms with Crippen LogP contribution < -0.4 is 10.5 Å². The molecule has 0 amide bonds. The summed E-state index contributed by atoms with van der Waals surface area (Å²) in [5, 5.41) is 0. The fraction of sp³-hybridized carbons (Fsp3) is 0.333. The molecule has 0 fully saturated rings. The molecule has 0 atom stereocenters. The predicted molar refractivity (Wildman–Crippen MR) is 81.9 cm³/mol. The molecule has 1 aliphatic rings. The topological polar surface area (TPSA) is 61.0 Å². The Kier molecular flexibility index (Phi) is 3.87. The minimum absolute atomic E-state index is 0.598. The van der Waals surface area contributed by atoms with E-state index in [4.69, 9.17) is 10.5 Å². The molecule has 4 nitrogen and oxygen atoms in total. The van der Waals surface area contributed by atoms with Gasteiger partial charge in [-0.2, -0.15) is 0 Å². The Morgan fingerprint density at radius 3 is 2.80 bits per heavy atom. The Morgan fingerprint density at radius 2 is 1.95 bits per heavy atom. The van der Waals surface area contributed by atoms with Gasteiger partial charge in [0.25, 0.3) is 0 Å². The van der Waals surface area contributed by atoms with Crippen molar-refractivity contribution in [3.8, 4) is 11.6 Å². The lowest BCUT2D eigenvalue weighted by molar-refractivity contribution is 0.452. The first kappa shape index (κ1) is 13.4. The van der Waals surface area contributed by atoms with Gasteiger partial charge in [-0.15, -0.1) is 0 Å². The lowest BCUT2D eigenvalue weighted by atomic mass is 10.1. The van der Waals surface area contributed by atoms with Crippen molar-refractivity contribution in [2.24, 2.45) is 0 Å². The third-order valence-electron chi connectivity index (χ3n) is 3.53. The number of nitrogens with two attached hydrogens (primary N) is 1. The maximum absolute atomic E-state index is 5.98. The van der Waals surface area contributed by atoms with Crippen LogP contribution in [0.3, 0.4) is 0 Å². The molecule has 0 spiro atoms. The molecule has 20 heavy (non-hydrogen) atoms. The largest absolute Gasteiger partial charge is 0.435 e. The summed E-state index contributed by atoms with van der Waals surface area (Å²) >= 11 is 3.47. The van der Waals surface area contributed by atoms with Gasteiger partial charge >= 0.3 is 0 Å². The molecule has 3 rings (SSSR count). The van der Waals surface area contributed by atoms with E-state index in [2.05, 4.69) is 25.9 Å². The molecule has 1 heterocycles. The van der Waals surface area contributed by atoms with E-state index in [0.29, 0.717) is 17.3 Å². The second-order valence-electron chi connectivity index (χ2n) is 4.92. The number of fused-ring (bicyclic) bond motifs is 1. The Labute approximate surface area is 126 Å². The normalized spacial score (nSPS) is 14.4. The number of hydrogen-bond donors (Lipinski definition) is 1. The Hall–Kier alpha value is -1.62. The van der Waals surface area contributed by atoms with Gasteiger partial charge < -0.3 is 10.5 Å². The molecule has 2 N–H and O–H groups in total. The van der Waals surface area contributed by atoms with E-state index in [9.17, 15) is 0 Å². The molecule has 0 radical (unpaired) electrons. The van der Waals surface area contributed by atoms with Crippen LogP contribution in [-0.4, -0.2) is 9.97 Å². The average Bonchev–Trinajstić information content (AvgIpc) is 2.69. The zero-order chi connectivity index (χ0) is 13.9. The molecule has 5 heteroatoms. The van der Waals surface area contributed by atoms with Gasteiger partial charge in [0.1, 0.15) is 6.33 Å². The molecule has 0 aliphatic heterocycles. The van der Waals surface area contributed by atoms with Gasteiger partial charge in [-0.3, -0.25) is 0 Å². The molecule has 2 aromatic rings. The van der Waals surface area contributed by atoms with Crippen molar-refractivity contribution < 1.29 is 4.74 Å². The van der Waals surface area contributed by atoms with Gasteiger partial charge in [0, 0.05) is 5.56 Å². The SMILES string of the molecule is Nc1cccc(Br)c1Oc1ncnc2c1CCCCC2. The van der Waals surface area contributed by atoms with Crippen molar-refractivity contribution in [1.29, 1.82) is 0 Å². The number of aromatic nitrogens is 2. The van der Waals surface area contributed by atoms with E-state index < -0.39 is 0 Å². The maximum atomic E-state index is 5.98. The fourth-order valence-electron chi connectivity index (χ4n) is 2.49. The van der Waals surface area contributed by atoms with E-state index >= 15 is 0 Å². The van der Waals surface area contributed by atoms with E-state index in [1.807, 2.05) is 18.2 Å². The van der Waals surface area contributed by atoms with Crippen LogP contribution in [-0.2, 0) is 12.8 Å². The average molecular weight is 334 g/mol. The third kappa shape index (κ3) is 2.63. The Bertz CT molecular complexity index is 610. The summed E-state index contributed by atoms with van der Waals surface area (Å²) in [6.45, 7) is 0. The van der Waals surface area contributed by atoms with Crippen LogP contribution in [0.4, 0.5) is 5.69 Å². The lowest BCUT2D eigenvalue weighted by Gasteiger charge is -2.13. The summed E-state index contributed by atoms with van der Waals surface area (Å²) in [5.41, 5.74) is 8.81. The lowest BCUT2D eigenvalue weighted by Crippen LogP contribution is -2.02. The first-order valence-corrected chi connectivity index (χ1v) is 7.59. The third-order valence-corrected chi connectivity index (χ3v) is 4.16. The number of aryl methyl sites for hydroxylation is 1. The standard InChI is InChI=1S/C15H16BrN3O/c16-11-6-4-7-12(17)14(11)20-15-10-5-2-1-3-8-13(10)18-9-19-15/h4,6-7,9H,1-3,5,8,17H2. The predicted octanol–water partition coefficient (Wildman–Crippen LogP) is 3.88. The number of hydrogen-bond acceptors (Lipinski definition) is 4. The maximum Gasteiger partial charge on any atom is 0.225 e. The van der Waals surface area contributed by atoms with Gasteiger partial charge in [-0.05, 0) is 53.7 Å². The summed E-state index contributed by atoms with van der Waals surface area (Å²) in [6.07, 6.45) is 7.11. The number of halogens is 1. The van der Waals surface area contributed by atoms with E-state index in [0.717, 1.165) is 35.0 Å². The second kappa shape index (κ2) is 5.79. The first-order valence-electron chi connectivity index (χ1n) is 6.80. The number of rotatable bonds is 2. The van der Waals surface area contributed by atoms with E-state index in [1.54, 1.807) is 6.33 Å². The van der Waals surface area contributed by atoms with Crippen LogP contribution in [0, 0.1) is 0 Å². The highest BCUT2D eigenvalue weighted by Gasteiger charge is 2.17. The molecular formula is C15H16BrN3O. The number of ether oxygens (including phenoxy) is 1. The molecule has 104 valence electrons. The summed E-state index contributed by atoms with van der Waals surface area (Å²) in [7, 11) is 0. The summed E-state index contributed by atoms with van der Waals surface area (Å²) in [6, 6.07) is 5.61. The van der Waals surface area contributed by atoms with Crippen LogP contribution in [0.1, 0.15) is 30.5 Å². The molecule has 0 unspecified atom stereocenters. The van der Waals surface area contributed by atoms with Crippen molar-refractivity contribution in [3.63, 3.8) is 0 Å². The molecule has 1 aromatic heterocycles. The summed E-state index contributed by atoms with van der Waals surface area (Å²) in [4.78, 5) is 8.69. The summed E-state index contributed by atoms with van der Waals surface area (Å²) < 4.78 is 6.80. The van der Waals surface area contributed by atoms with Crippen molar-refractivity contribution in [3.05, 3.63) is 40.3 Å². The number of anilines is 1. The van der Waals surface area contributed by atoms with Crippen molar-refractivity contribution >= 4 is 21.6 Å². The van der Waals surface area contributed by atoms with Gasteiger partial charge in [0.15, 0.2) is 5.75 Å². The van der Waals surface area contributed by atoms with Crippen LogP contribution in [0.5, 0.6) is 11.6 Å². The van der Waals surface area contributed by atoms with Crippen LogP contribution >= 0.6 is 15.9 Å². The zero-order valence-electron chi connectivity index (χ0n) is 11.1. The van der Waals surface area contributed by atoms with Crippen molar-refractivity contribution in [1.82, 2.24) is 9.97 Å². The number of nitrogen functional groups attached to an aromatic ring is 1. The van der Waals surface area contributed by atoms with E-state index in [1.165, 1.54) is 12.8 Å². The van der Waals surface area contributed by atoms with Crippen LogP contribution in [0.25, 0.3) is 0 Å². The van der Waals surface area contributed by atoms with Crippen LogP contribution in [0.2, 0.25) is 0 Å². The van der Waals surface area contributed by atoms with Gasteiger partial charge in [0.05, 0.1) is 15.9 Å². The molecular weight excluding hydrogens is 318 g/mol. The molecule has 0 saturated carbocycles. The van der Waals surface area contributed by atoms with Gasteiger partial charge in [-0.25, -0.2) is 9.97 Å². The van der Waals surface area contributed by atoms with Gasteiger partial charge in [0.2, 0.25) is 5.88 Å². The van der Waals surface area contributed by atoms with Gasteiger partial charge in [-0.1, -0.05) is 12.5 Å². The Morgan fingerprint density at radius 1 is 1.10 bits per heavy atom. The zero-order valence-corrected chi connectivity index (χ0v) is 12.7. The van der Waals surface area contributed by atoms with Crippen molar-refractivity contribution in [2.45, 2.75) is 32.1 Å². The summed E-state index contributed by atoms with van der Waals surface area (Å²) in [5.74, 6) is 1.26. The monoisotopic (exact) mass is 333 g/mol. The highest BCUT2D eigenvalue weighted by molar-refractivity contribution is 9.10.